The zero-order valence-electron chi connectivity index (χ0n) is 14.3. The van der Waals surface area contributed by atoms with Crippen LogP contribution in [-0.4, -0.2) is 49.5 Å². The zero-order valence-corrected chi connectivity index (χ0v) is 17.4. The van der Waals surface area contributed by atoms with Gasteiger partial charge in [0.15, 0.2) is 5.96 Å². The molecule has 0 aliphatic rings. The summed E-state index contributed by atoms with van der Waals surface area (Å²) in [4.78, 5) is 19.7. The highest BCUT2D eigenvalue weighted by atomic mass is 127. The summed E-state index contributed by atoms with van der Waals surface area (Å²) in [6, 6.07) is 4.19. The van der Waals surface area contributed by atoms with E-state index in [1.54, 1.807) is 11.3 Å². The SMILES string of the molecule is CCNC(=NCCc1cccs1)NCCC(=O)N(CC)CC.I. The van der Waals surface area contributed by atoms with Crippen LogP contribution in [0.5, 0.6) is 0 Å². The van der Waals surface area contributed by atoms with Gasteiger partial charge in [-0.3, -0.25) is 9.79 Å². The van der Waals surface area contributed by atoms with E-state index in [0.717, 1.165) is 38.6 Å². The van der Waals surface area contributed by atoms with E-state index in [-0.39, 0.29) is 29.9 Å². The van der Waals surface area contributed by atoms with Crippen LogP contribution >= 0.6 is 35.3 Å². The highest BCUT2D eigenvalue weighted by Gasteiger charge is 2.08. The van der Waals surface area contributed by atoms with Crippen LogP contribution in [-0.2, 0) is 11.2 Å². The number of amides is 1. The summed E-state index contributed by atoms with van der Waals surface area (Å²) >= 11 is 1.76. The molecule has 0 saturated carbocycles. The Balaban J connectivity index is 0.00000484. The molecule has 1 heterocycles. The van der Waals surface area contributed by atoms with Gasteiger partial charge in [-0.05, 0) is 32.2 Å². The van der Waals surface area contributed by atoms with Gasteiger partial charge in [-0.2, -0.15) is 0 Å². The molecule has 7 heteroatoms. The van der Waals surface area contributed by atoms with E-state index < -0.39 is 0 Å². The molecule has 2 N–H and O–H groups in total. The lowest BCUT2D eigenvalue weighted by Gasteiger charge is -2.19. The molecule has 0 saturated heterocycles. The van der Waals surface area contributed by atoms with Crippen LogP contribution in [0.4, 0.5) is 0 Å². The van der Waals surface area contributed by atoms with Gasteiger partial charge in [0.2, 0.25) is 5.91 Å². The lowest BCUT2D eigenvalue weighted by molar-refractivity contribution is -0.130. The molecule has 0 fully saturated rings. The standard InChI is InChI=1S/C16H28N4OS.HI/c1-4-17-16(18-11-9-14-8-7-13-22-14)19-12-10-15(21)20(5-2)6-3;/h7-8,13H,4-6,9-12H2,1-3H3,(H2,17,18,19);1H. The Bertz CT molecular complexity index is 447. The Kier molecular flexibility index (Phi) is 13.1. The molecule has 1 rings (SSSR count). The van der Waals surface area contributed by atoms with Crippen molar-refractivity contribution in [2.75, 3.05) is 32.7 Å². The van der Waals surface area contributed by atoms with Crippen LogP contribution in [0.25, 0.3) is 0 Å². The minimum Gasteiger partial charge on any atom is -0.357 e. The van der Waals surface area contributed by atoms with E-state index in [2.05, 4.69) is 33.1 Å². The summed E-state index contributed by atoms with van der Waals surface area (Å²) < 4.78 is 0. The molecule has 0 bridgehead atoms. The van der Waals surface area contributed by atoms with Gasteiger partial charge in [0.1, 0.15) is 0 Å². The maximum atomic E-state index is 11.9. The van der Waals surface area contributed by atoms with E-state index in [1.807, 2.05) is 25.7 Å². The summed E-state index contributed by atoms with van der Waals surface area (Å²) in [5, 5.41) is 8.53. The van der Waals surface area contributed by atoms with Crippen molar-refractivity contribution in [2.24, 2.45) is 4.99 Å². The van der Waals surface area contributed by atoms with E-state index >= 15 is 0 Å². The van der Waals surface area contributed by atoms with Crippen LogP contribution in [0.3, 0.4) is 0 Å². The molecule has 23 heavy (non-hydrogen) atoms. The number of halogens is 1. The minimum atomic E-state index is 0. The average Bonchev–Trinajstić information content (AvgIpc) is 3.02. The number of rotatable bonds is 9. The molecule has 132 valence electrons. The Morgan fingerprint density at radius 3 is 2.57 bits per heavy atom. The Labute approximate surface area is 161 Å². The van der Waals surface area contributed by atoms with Gasteiger partial charge in [0.05, 0.1) is 0 Å². The molecule has 0 spiro atoms. The number of nitrogens with one attached hydrogen (secondary N) is 2. The highest BCUT2D eigenvalue weighted by Crippen LogP contribution is 2.08. The monoisotopic (exact) mass is 452 g/mol. The number of hydrogen-bond donors (Lipinski definition) is 2. The van der Waals surface area contributed by atoms with Crippen molar-refractivity contribution >= 4 is 47.2 Å². The maximum absolute atomic E-state index is 11.9. The van der Waals surface area contributed by atoms with Crippen molar-refractivity contribution in [3.63, 3.8) is 0 Å². The fourth-order valence-corrected chi connectivity index (χ4v) is 2.79. The molecule has 1 amide bonds. The molecule has 0 atom stereocenters. The second kappa shape index (κ2) is 13.6. The van der Waals surface area contributed by atoms with E-state index in [9.17, 15) is 4.79 Å². The number of aliphatic imine (C=N–C) groups is 1. The topological polar surface area (TPSA) is 56.7 Å². The third-order valence-corrected chi connectivity index (χ3v) is 4.24. The van der Waals surface area contributed by atoms with Crippen molar-refractivity contribution in [3.05, 3.63) is 22.4 Å². The summed E-state index contributed by atoms with van der Waals surface area (Å²) in [7, 11) is 0. The second-order valence-corrected chi connectivity index (χ2v) is 5.87. The third-order valence-electron chi connectivity index (χ3n) is 3.30. The highest BCUT2D eigenvalue weighted by molar-refractivity contribution is 14.0. The Morgan fingerprint density at radius 2 is 2.00 bits per heavy atom. The molecule has 5 nitrogen and oxygen atoms in total. The zero-order chi connectivity index (χ0) is 16.2. The van der Waals surface area contributed by atoms with Crippen LogP contribution < -0.4 is 10.6 Å². The van der Waals surface area contributed by atoms with Gasteiger partial charge < -0.3 is 15.5 Å². The number of thiophene rings is 1. The molecule has 0 radical (unpaired) electrons. The molecular formula is C16H29IN4OS. The van der Waals surface area contributed by atoms with Gasteiger partial charge >= 0.3 is 0 Å². The van der Waals surface area contributed by atoms with Crippen molar-refractivity contribution in [3.8, 4) is 0 Å². The summed E-state index contributed by atoms with van der Waals surface area (Å²) in [5.74, 6) is 0.971. The summed E-state index contributed by atoms with van der Waals surface area (Å²) in [6.07, 6.45) is 1.45. The van der Waals surface area contributed by atoms with Gasteiger partial charge in [-0.25, -0.2) is 0 Å². The van der Waals surface area contributed by atoms with Gasteiger partial charge in [0, 0.05) is 50.4 Å². The normalized spacial score (nSPS) is 10.8. The molecule has 0 aliphatic heterocycles. The maximum Gasteiger partial charge on any atom is 0.224 e. The van der Waals surface area contributed by atoms with Gasteiger partial charge in [-0.15, -0.1) is 35.3 Å². The first kappa shape index (κ1) is 22.2. The first-order valence-corrected chi connectivity index (χ1v) is 8.91. The first-order valence-electron chi connectivity index (χ1n) is 8.03. The van der Waals surface area contributed by atoms with Crippen molar-refractivity contribution in [1.29, 1.82) is 0 Å². The summed E-state index contributed by atoms with van der Waals surface area (Å²) in [6.45, 7) is 9.76. The smallest absolute Gasteiger partial charge is 0.224 e. The molecule has 1 aromatic rings. The van der Waals surface area contributed by atoms with Crippen LogP contribution in [0.1, 0.15) is 32.1 Å². The Morgan fingerprint density at radius 1 is 1.26 bits per heavy atom. The van der Waals surface area contributed by atoms with Crippen molar-refractivity contribution < 1.29 is 4.79 Å². The number of hydrogen-bond acceptors (Lipinski definition) is 3. The molecule has 0 unspecified atom stereocenters. The number of guanidine groups is 1. The third kappa shape index (κ3) is 9.14. The lowest BCUT2D eigenvalue weighted by atomic mass is 10.3. The second-order valence-electron chi connectivity index (χ2n) is 4.83. The van der Waals surface area contributed by atoms with Crippen molar-refractivity contribution in [2.45, 2.75) is 33.6 Å². The largest absolute Gasteiger partial charge is 0.357 e. The Hall–Kier alpha value is -0.830. The fraction of sp³-hybridized carbons (Fsp3) is 0.625. The van der Waals surface area contributed by atoms with E-state index in [1.165, 1.54) is 4.88 Å². The lowest BCUT2D eigenvalue weighted by Crippen LogP contribution is -2.40. The fourth-order valence-electron chi connectivity index (χ4n) is 2.10. The van der Waals surface area contributed by atoms with Gasteiger partial charge in [0.25, 0.3) is 0 Å². The van der Waals surface area contributed by atoms with Crippen LogP contribution in [0, 0.1) is 0 Å². The average molecular weight is 452 g/mol. The summed E-state index contributed by atoms with van der Waals surface area (Å²) in [5.41, 5.74) is 0. The molecule has 1 aromatic heterocycles. The van der Waals surface area contributed by atoms with Crippen LogP contribution in [0.2, 0.25) is 0 Å². The van der Waals surface area contributed by atoms with Crippen molar-refractivity contribution in [1.82, 2.24) is 15.5 Å². The number of carbonyl (C=O) groups is 1. The van der Waals surface area contributed by atoms with E-state index in [4.69, 9.17) is 0 Å². The molecular weight excluding hydrogens is 423 g/mol. The van der Waals surface area contributed by atoms with Gasteiger partial charge in [-0.1, -0.05) is 6.07 Å². The minimum absolute atomic E-state index is 0. The van der Waals surface area contributed by atoms with E-state index in [0.29, 0.717) is 13.0 Å². The number of nitrogens with zero attached hydrogens (tertiary/aromatic N) is 2. The quantitative estimate of drug-likeness (QED) is 0.344. The predicted molar refractivity (Wildman–Crippen MR) is 110 cm³/mol. The molecule has 0 aromatic carbocycles. The van der Waals surface area contributed by atoms with Crippen LogP contribution in [0.15, 0.2) is 22.5 Å². The number of carbonyl (C=O) groups excluding carboxylic acids is 1. The first-order chi connectivity index (χ1) is 10.7. The molecule has 0 aliphatic carbocycles. The predicted octanol–water partition coefficient (Wildman–Crippen LogP) is 2.72.